The van der Waals surface area contributed by atoms with Gasteiger partial charge in [0.05, 0.1) is 0 Å². The van der Waals surface area contributed by atoms with Crippen LogP contribution < -0.4 is 0 Å². The summed E-state index contributed by atoms with van der Waals surface area (Å²) in [4.78, 5) is 15.7. The van der Waals surface area contributed by atoms with Gasteiger partial charge in [0, 0.05) is 24.7 Å². The van der Waals surface area contributed by atoms with E-state index in [1.807, 2.05) is 18.3 Å². The Morgan fingerprint density at radius 2 is 2.38 bits per heavy atom. The highest BCUT2D eigenvalue weighted by atomic mass is 16.1. The largest absolute Gasteiger partial charge is 0.299 e. The Bertz CT molecular complexity index is 333. The molecule has 13 heavy (non-hydrogen) atoms. The second kappa shape index (κ2) is 3.29. The highest BCUT2D eigenvalue weighted by Crippen LogP contribution is 2.26. The van der Waals surface area contributed by atoms with Crippen molar-refractivity contribution in [2.24, 2.45) is 0 Å². The molecule has 0 N–H and O–H groups in total. The van der Waals surface area contributed by atoms with E-state index in [2.05, 4.69) is 11.9 Å². The Balaban J connectivity index is 2.43. The van der Waals surface area contributed by atoms with Crippen molar-refractivity contribution in [1.29, 1.82) is 0 Å². The summed E-state index contributed by atoms with van der Waals surface area (Å²) in [7, 11) is 0. The molecule has 2 heteroatoms. The summed E-state index contributed by atoms with van der Waals surface area (Å²) >= 11 is 0. The third-order valence-corrected chi connectivity index (χ3v) is 2.64. The molecular weight excluding hydrogens is 162 g/mol. The van der Waals surface area contributed by atoms with Crippen molar-refractivity contribution < 1.29 is 4.79 Å². The monoisotopic (exact) mass is 175 g/mol. The molecule has 0 saturated carbocycles. The molecule has 0 aliphatic heterocycles. The van der Waals surface area contributed by atoms with Gasteiger partial charge in [-0.2, -0.15) is 0 Å². The van der Waals surface area contributed by atoms with Crippen LogP contribution in [-0.4, -0.2) is 10.8 Å². The number of carbonyl (C=O) groups is 1. The number of fused-ring (bicyclic) bond motifs is 1. The molecule has 1 aliphatic carbocycles. The molecule has 0 amide bonds. The standard InChI is InChI=1S/C11H13NO/c1-8-4-5-10(13)7-9-3-2-6-12-11(8)9/h2-3,6,8H,4-5,7H2,1H3/t8-/m0/s1. The minimum Gasteiger partial charge on any atom is -0.299 e. The van der Waals surface area contributed by atoms with Crippen LogP contribution in [0.5, 0.6) is 0 Å². The lowest BCUT2D eigenvalue weighted by molar-refractivity contribution is -0.118. The molecule has 1 heterocycles. The summed E-state index contributed by atoms with van der Waals surface area (Å²) < 4.78 is 0. The Morgan fingerprint density at radius 1 is 1.54 bits per heavy atom. The smallest absolute Gasteiger partial charge is 0.137 e. The minimum absolute atomic E-state index is 0.346. The lowest BCUT2D eigenvalue weighted by Crippen LogP contribution is -2.00. The maximum Gasteiger partial charge on any atom is 0.137 e. The summed E-state index contributed by atoms with van der Waals surface area (Å²) in [6.45, 7) is 2.14. The zero-order chi connectivity index (χ0) is 9.26. The molecule has 68 valence electrons. The zero-order valence-electron chi connectivity index (χ0n) is 7.79. The Hall–Kier alpha value is -1.18. The Morgan fingerprint density at radius 3 is 3.23 bits per heavy atom. The molecule has 0 radical (unpaired) electrons. The molecular formula is C11H13NO. The number of pyridine rings is 1. The van der Waals surface area contributed by atoms with Gasteiger partial charge in [-0.05, 0) is 24.0 Å². The first-order valence-electron chi connectivity index (χ1n) is 4.73. The Labute approximate surface area is 78.0 Å². The average Bonchev–Trinajstić information content (AvgIpc) is 2.27. The summed E-state index contributed by atoms with van der Waals surface area (Å²) in [5.41, 5.74) is 2.24. The number of carbonyl (C=O) groups excluding carboxylic acids is 1. The third-order valence-electron chi connectivity index (χ3n) is 2.64. The number of hydrogen-bond acceptors (Lipinski definition) is 2. The van der Waals surface area contributed by atoms with Gasteiger partial charge in [0.25, 0.3) is 0 Å². The molecule has 1 atom stereocenters. The number of aromatic nitrogens is 1. The average molecular weight is 175 g/mol. The van der Waals surface area contributed by atoms with Crippen LogP contribution in [0.2, 0.25) is 0 Å². The van der Waals surface area contributed by atoms with E-state index in [-0.39, 0.29) is 0 Å². The van der Waals surface area contributed by atoms with Gasteiger partial charge >= 0.3 is 0 Å². The number of hydrogen-bond donors (Lipinski definition) is 0. The zero-order valence-corrected chi connectivity index (χ0v) is 7.79. The molecule has 1 aliphatic rings. The van der Waals surface area contributed by atoms with Crippen LogP contribution >= 0.6 is 0 Å². The van der Waals surface area contributed by atoms with Crippen LogP contribution in [0, 0.1) is 0 Å². The molecule has 0 fully saturated rings. The number of rotatable bonds is 0. The first kappa shape index (κ1) is 8.42. The Kier molecular flexibility index (Phi) is 2.13. The topological polar surface area (TPSA) is 30.0 Å². The van der Waals surface area contributed by atoms with Crippen molar-refractivity contribution in [3.05, 3.63) is 29.6 Å². The number of ketones is 1. The van der Waals surface area contributed by atoms with Crippen LogP contribution in [-0.2, 0) is 11.2 Å². The van der Waals surface area contributed by atoms with E-state index in [4.69, 9.17) is 0 Å². The van der Waals surface area contributed by atoms with Crippen LogP contribution in [0.25, 0.3) is 0 Å². The third kappa shape index (κ3) is 1.62. The summed E-state index contributed by atoms with van der Waals surface area (Å²) in [5, 5.41) is 0. The highest BCUT2D eigenvalue weighted by molar-refractivity contribution is 5.81. The van der Waals surface area contributed by atoms with E-state index >= 15 is 0 Å². The summed E-state index contributed by atoms with van der Waals surface area (Å²) in [6, 6.07) is 3.92. The van der Waals surface area contributed by atoms with Crippen LogP contribution in [0.1, 0.15) is 36.9 Å². The number of nitrogens with zero attached hydrogens (tertiary/aromatic N) is 1. The first-order chi connectivity index (χ1) is 6.27. The molecule has 0 saturated heterocycles. The van der Waals surface area contributed by atoms with Crippen LogP contribution in [0.15, 0.2) is 18.3 Å². The van der Waals surface area contributed by atoms with Crippen molar-refractivity contribution in [1.82, 2.24) is 4.98 Å². The molecule has 0 spiro atoms. The van der Waals surface area contributed by atoms with Gasteiger partial charge in [-0.25, -0.2) is 0 Å². The van der Waals surface area contributed by atoms with E-state index < -0.39 is 0 Å². The van der Waals surface area contributed by atoms with Crippen molar-refractivity contribution in [3.8, 4) is 0 Å². The summed E-state index contributed by atoms with van der Waals surface area (Å²) in [6.07, 6.45) is 4.04. The fourth-order valence-electron chi connectivity index (χ4n) is 1.86. The van der Waals surface area contributed by atoms with Gasteiger partial charge in [0.1, 0.15) is 5.78 Å². The second-order valence-corrected chi connectivity index (χ2v) is 3.70. The molecule has 0 aromatic carbocycles. The van der Waals surface area contributed by atoms with E-state index in [1.165, 1.54) is 0 Å². The van der Waals surface area contributed by atoms with Gasteiger partial charge in [-0.1, -0.05) is 13.0 Å². The van der Waals surface area contributed by atoms with Gasteiger partial charge in [-0.3, -0.25) is 9.78 Å². The minimum atomic E-state index is 0.346. The maximum absolute atomic E-state index is 11.4. The van der Waals surface area contributed by atoms with E-state index in [0.717, 1.165) is 17.7 Å². The first-order valence-corrected chi connectivity index (χ1v) is 4.73. The molecule has 1 aromatic rings. The highest BCUT2D eigenvalue weighted by Gasteiger charge is 2.19. The summed E-state index contributed by atoms with van der Waals surface area (Å²) in [5.74, 6) is 0.779. The molecule has 1 aromatic heterocycles. The fourth-order valence-corrected chi connectivity index (χ4v) is 1.86. The van der Waals surface area contributed by atoms with Gasteiger partial charge < -0.3 is 0 Å². The van der Waals surface area contributed by atoms with Crippen molar-refractivity contribution in [3.63, 3.8) is 0 Å². The molecule has 2 nitrogen and oxygen atoms in total. The van der Waals surface area contributed by atoms with E-state index in [0.29, 0.717) is 24.5 Å². The molecule has 0 bridgehead atoms. The predicted molar refractivity (Wildman–Crippen MR) is 50.6 cm³/mol. The lowest BCUT2D eigenvalue weighted by atomic mass is 10.0. The molecule has 0 unspecified atom stereocenters. The van der Waals surface area contributed by atoms with Crippen molar-refractivity contribution in [2.45, 2.75) is 32.1 Å². The SMILES string of the molecule is C[C@H]1CCC(=O)Cc2cccnc21. The van der Waals surface area contributed by atoms with E-state index in [9.17, 15) is 4.79 Å². The fraction of sp³-hybridized carbons (Fsp3) is 0.455. The van der Waals surface area contributed by atoms with Crippen LogP contribution in [0.4, 0.5) is 0 Å². The molecule has 2 rings (SSSR count). The van der Waals surface area contributed by atoms with Crippen molar-refractivity contribution >= 4 is 5.78 Å². The van der Waals surface area contributed by atoms with E-state index in [1.54, 1.807) is 0 Å². The van der Waals surface area contributed by atoms with Crippen molar-refractivity contribution in [2.75, 3.05) is 0 Å². The number of Topliss-reactive ketones (excluding diaryl/α,β-unsaturated/α-hetero) is 1. The normalized spacial score (nSPS) is 22.2. The second-order valence-electron chi connectivity index (χ2n) is 3.70. The predicted octanol–water partition coefficient (Wildman–Crippen LogP) is 2.09. The quantitative estimate of drug-likeness (QED) is 0.565. The lowest BCUT2D eigenvalue weighted by Gasteiger charge is -2.08. The van der Waals surface area contributed by atoms with Crippen LogP contribution in [0.3, 0.4) is 0 Å². The van der Waals surface area contributed by atoms with Gasteiger partial charge in [0.15, 0.2) is 0 Å². The van der Waals surface area contributed by atoms with Gasteiger partial charge in [-0.15, -0.1) is 0 Å². The van der Waals surface area contributed by atoms with Gasteiger partial charge in [0.2, 0.25) is 0 Å². The maximum atomic E-state index is 11.4.